The van der Waals surface area contributed by atoms with Gasteiger partial charge >= 0.3 is 6.18 Å². The molecule has 2 aromatic carbocycles. The highest BCUT2D eigenvalue weighted by Gasteiger charge is 2.31. The summed E-state index contributed by atoms with van der Waals surface area (Å²) >= 11 is 8.49. The Morgan fingerprint density at radius 2 is 1.88 bits per heavy atom. The zero-order valence-corrected chi connectivity index (χ0v) is 14.9. The van der Waals surface area contributed by atoms with Gasteiger partial charge in [0.1, 0.15) is 5.82 Å². The normalized spacial score (nSPS) is 11.2. The van der Waals surface area contributed by atoms with Gasteiger partial charge in [-0.25, -0.2) is 4.39 Å². The summed E-state index contributed by atoms with van der Waals surface area (Å²) < 4.78 is 52.2. The molecule has 0 bridgehead atoms. The van der Waals surface area contributed by atoms with Crippen LogP contribution >= 0.6 is 28.1 Å². The van der Waals surface area contributed by atoms with Crippen molar-refractivity contribution >= 4 is 38.9 Å². The Labute approximate surface area is 150 Å². The first-order valence-corrected chi connectivity index (χ1v) is 8.03. The van der Waals surface area contributed by atoms with E-state index in [-0.39, 0.29) is 17.2 Å². The van der Waals surface area contributed by atoms with Crippen LogP contribution in [0.25, 0.3) is 0 Å². The fourth-order valence-corrected chi connectivity index (χ4v) is 2.38. The van der Waals surface area contributed by atoms with Crippen LogP contribution < -0.4 is 10.6 Å². The molecule has 0 spiro atoms. The van der Waals surface area contributed by atoms with Crippen LogP contribution in [-0.2, 0) is 12.7 Å². The Morgan fingerprint density at radius 3 is 2.46 bits per heavy atom. The second-order valence-electron chi connectivity index (χ2n) is 5.08. The van der Waals surface area contributed by atoms with Crippen molar-refractivity contribution in [2.75, 3.05) is 5.32 Å². The maximum Gasteiger partial charge on any atom is 0.416 e. The van der Waals surface area contributed by atoms with Gasteiger partial charge in [0, 0.05) is 22.3 Å². The van der Waals surface area contributed by atoms with Crippen molar-refractivity contribution in [2.45, 2.75) is 19.6 Å². The molecule has 0 atom stereocenters. The van der Waals surface area contributed by atoms with Crippen molar-refractivity contribution in [2.24, 2.45) is 0 Å². The van der Waals surface area contributed by atoms with Crippen LogP contribution in [0, 0.1) is 12.7 Å². The Morgan fingerprint density at radius 1 is 1.17 bits per heavy atom. The minimum absolute atomic E-state index is 0.0225. The van der Waals surface area contributed by atoms with Gasteiger partial charge in [0.2, 0.25) is 0 Å². The summed E-state index contributed by atoms with van der Waals surface area (Å²) in [6.07, 6.45) is -4.57. The van der Waals surface area contributed by atoms with Gasteiger partial charge in [-0.05, 0) is 55.0 Å². The maximum absolute atomic E-state index is 13.7. The molecule has 0 aliphatic carbocycles. The lowest BCUT2D eigenvalue weighted by Crippen LogP contribution is -2.28. The largest absolute Gasteiger partial charge is 0.416 e. The standard InChI is InChI=1S/C16H13BrF4N2S/c1-9-6-12(4-5-13(9)17)23-15(24)22-8-10-2-3-11(7-14(10)18)16(19,20)21/h2-7H,8H2,1H3,(H2,22,23,24). The highest BCUT2D eigenvalue weighted by molar-refractivity contribution is 9.10. The van der Waals surface area contributed by atoms with Crippen LogP contribution in [-0.4, -0.2) is 5.11 Å². The van der Waals surface area contributed by atoms with Crippen molar-refractivity contribution in [3.63, 3.8) is 0 Å². The third-order valence-corrected chi connectivity index (χ3v) is 4.37. The fourth-order valence-electron chi connectivity index (χ4n) is 1.94. The van der Waals surface area contributed by atoms with E-state index in [0.29, 0.717) is 6.07 Å². The number of alkyl halides is 3. The fraction of sp³-hybridized carbons (Fsp3) is 0.188. The van der Waals surface area contributed by atoms with Crippen molar-refractivity contribution in [1.29, 1.82) is 0 Å². The number of rotatable bonds is 3. The first-order valence-electron chi connectivity index (χ1n) is 6.83. The summed E-state index contributed by atoms with van der Waals surface area (Å²) in [7, 11) is 0. The monoisotopic (exact) mass is 420 g/mol. The molecule has 2 N–H and O–H groups in total. The van der Waals surface area contributed by atoms with Gasteiger partial charge < -0.3 is 10.6 Å². The Kier molecular flexibility index (Phi) is 5.82. The van der Waals surface area contributed by atoms with Crippen molar-refractivity contribution in [3.05, 3.63) is 63.4 Å². The third-order valence-electron chi connectivity index (χ3n) is 3.24. The van der Waals surface area contributed by atoms with E-state index >= 15 is 0 Å². The second kappa shape index (κ2) is 7.48. The Bertz CT molecular complexity index is 762. The molecule has 0 amide bonds. The van der Waals surface area contributed by atoms with E-state index in [2.05, 4.69) is 26.6 Å². The molecule has 8 heteroatoms. The van der Waals surface area contributed by atoms with Gasteiger partial charge in [-0.1, -0.05) is 22.0 Å². The Balaban J connectivity index is 1.97. The average molecular weight is 421 g/mol. The van der Waals surface area contributed by atoms with Gasteiger partial charge in [-0.3, -0.25) is 0 Å². The molecule has 0 radical (unpaired) electrons. The second-order valence-corrected chi connectivity index (χ2v) is 6.34. The van der Waals surface area contributed by atoms with E-state index in [0.717, 1.165) is 27.9 Å². The van der Waals surface area contributed by atoms with Crippen LogP contribution in [0.5, 0.6) is 0 Å². The molecule has 2 aromatic rings. The lowest BCUT2D eigenvalue weighted by molar-refractivity contribution is -0.137. The molecule has 0 aliphatic rings. The topological polar surface area (TPSA) is 24.1 Å². The lowest BCUT2D eigenvalue weighted by Gasteiger charge is -2.13. The van der Waals surface area contributed by atoms with Gasteiger partial charge in [0.05, 0.1) is 5.56 Å². The number of thiocarbonyl (C=S) groups is 1. The SMILES string of the molecule is Cc1cc(NC(=S)NCc2ccc(C(F)(F)F)cc2F)ccc1Br. The third kappa shape index (κ3) is 4.91. The predicted molar refractivity (Wildman–Crippen MR) is 93.3 cm³/mol. The molecule has 0 saturated heterocycles. The number of benzene rings is 2. The Hall–Kier alpha value is -1.67. The summed E-state index contributed by atoms with van der Waals surface area (Å²) in [4.78, 5) is 0. The van der Waals surface area contributed by atoms with Gasteiger partial charge in [-0.15, -0.1) is 0 Å². The molecule has 0 fully saturated rings. The number of aryl methyl sites for hydroxylation is 1. The molecular weight excluding hydrogens is 408 g/mol. The first-order chi connectivity index (χ1) is 11.2. The molecule has 2 nitrogen and oxygen atoms in total. The van der Waals surface area contributed by atoms with Crippen LogP contribution in [0.4, 0.5) is 23.2 Å². The van der Waals surface area contributed by atoms with E-state index in [1.807, 2.05) is 25.1 Å². The molecule has 2 rings (SSSR count). The lowest BCUT2D eigenvalue weighted by atomic mass is 10.1. The van der Waals surface area contributed by atoms with Crippen LogP contribution in [0.15, 0.2) is 40.9 Å². The zero-order chi connectivity index (χ0) is 17.9. The van der Waals surface area contributed by atoms with Crippen LogP contribution in [0.3, 0.4) is 0 Å². The predicted octanol–water partition coefficient (Wildman–Crippen LogP) is 5.40. The minimum atomic E-state index is -4.57. The molecule has 0 unspecified atom stereocenters. The summed E-state index contributed by atoms with van der Waals surface area (Å²) in [6, 6.07) is 7.95. The smallest absolute Gasteiger partial charge is 0.358 e. The van der Waals surface area contributed by atoms with E-state index in [1.54, 1.807) is 0 Å². The summed E-state index contributed by atoms with van der Waals surface area (Å²) in [5.74, 6) is -0.931. The number of nitrogens with one attached hydrogen (secondary N) is 2. The van der Waals surface area contributed by atoms with Crippen molar-refractivity contribution < 1.29 is 17.6 Å². The summed E-state index contributed by atoms with van der Waals surface area (Å²) in [6.45, 7) is 1.90. The number of hydrogen-bond donors (Lipinski definition) is 2. The molecule has 0 saturated carbocycles. The molecule has 0 heterocycles. The molecule has 128 valence electrons. The van der Waals surface area contributed by atoms with Crippen LogP contribution in [0.1, 0.15) is 16.7 Å². The molecule has 0 aliphatic heterocycles. The molecule has 0 aromatic heterocycles. The average Bonchev–Trinajstić information content (AvgIpc) is 2.49. The molecule has 24 heavy (non-hydrogen) atoms. The van der Waals surface area contributed by atoms with Gasteiger partial charge in [-0.2, -0.15) is 13.2 Å². The highest BCUT2D eigenvalue weighted by atomic mass is 79.9. The molecular formula is C16H13BrF4N2S. The van der Waals surface area contributed by atoms with E-state index in [9.17, 15) is 17.6 Å². The summed E-state index contributed by atoms with van der Waals surface area (Å²) in [5, 5.41) is 5.95. The van der Waals surface area contributed by atoms with Gasteiger partial charge in [0.15, 0.2) is 5.11 Å². The van der Waals surface area contributed by atoms with Crippen molar-refractivity contribution in [3.8, 4) is 0 Å². The zero-order valence-electron chi connectivity index (χ0n) is 12.5. The number of halogens is 5. The van der Waals surface area contributed by atoms with Crippen molar-refractivity contribution in [1.82, 2.24) is 5.32 Å². The highest BCUT2D eigenvalue weighted by Crippen LogP contribution is 2.30. The minimum Gasteiger partial charge on any atom is -0.358 e. The van der Waals surface area contributed by atoms with Crippen LogP contribution in [0.2, 0.25) is 0 Å². The van der Waals surface area contributed by atoms with E-state index in [4.69, 9.17) is 12.2 Å². The summed E-state index contributed by atoms with van der Waals surface area (Å²) in [5.41, 5.74) is 0.839. The maximum atomic E-state index is 13.7. The van der Waals surface area contributed by atoms with E-state index < -0.39 is 17.6 Å². The van der Waals surface area contributed by atoms with E-state index in [1.165, 1.54) is 0 Å². The quantitative estimate of drug-likeness (QED) is 0.513. The number of hydrogen-bond acceptors (Lipinski definition) is 1. The number of anilines is 1. The first kappa shape index (κ1) is 18.7. The van der Waals surface area contributed by atoms with Gasteiger partial charge in [0.25, 0.3) is 0 Å².